The third-order valence-corrected chi connectivity index (χ3v) is 2.21. The van der Waals surface area contributed by atoms with E-state index >= 15 is 0 Å². The van der Waals surface area contributed by atoms with E-state index in [0.29, 0.717) is 16.0 Å². The third-order valence-electron chi connectivity index (χ3n) is 1.75. The van der Waals surface area contributed by atoms with Crippen LogP contribution in [0.1, 0.15) is 22.3 Å². The number of rotatable bonds is 3. The van der Waals surface area contributed by atoms with E-state index in [1.54, 1.807) is 18.2 Å². The fraction of sp³-hybridized carbons (Fsp3) is 0.200. The van der Waals surface area contributed by atoms with Crippen molar-refractivity contribution in [3.05, 3.63) is 29.3 Å². The number of halogens is 1. The van der Waals surface area contributed by atoms with Crippen LogP contribution in [0, 0.1) is 11.3 Å². The summed E-state index contributed by atoms with van der Waals surface area (Å²) in [6, 6.07) is 6.82. The van der Waals surface area contributed by atoms with Gasteiger partial charge in [-0.2, -0.15) is 5.26 Å². The van der Waals surface area contributed by atoms with Gasteiger partial charge >= 0.3 is 0 Å². The molecule has 1 aromatic carbocycles. The zero-order valence-corrected chi connectivity index (χ0v) is 8.98. The third kappa shape index (κ3) is 2.50. The van der Waals surface area contributed by atoms with E-state index in [2.05, 4.69) is 12.6 Å². The molecule has 0 amide bonds. The van der Waals surface area contributed by atoms with Gasteiger partial charge in [0.1, 0.15) is 0 Å². The van der Waals surface area contributed by atoms with E-state index in [1.165, 1.54) is 0 Å². The van der Waals surface area contributed by atoms with E-state index in [4.69, 9.17) is 16.9 Å². The van der Waals surface area contributed by atoms with E-state index in [9.17, 15) is 4.79 Å². The largest absolute Gasteiger partial charge is 0.294 e. The van der Waals surface area contributed by atoms with Gasteiger partial charge in [0.05, 0.1) is 11.6 Å². The second kappa shape index (κ2) is 5.04. The molecule has 0 heterocycles. The molecule has 1 aromatic rings. The SMILES string of the molecule is N#Cc1ccc(S)cc1C(=O)CCCl. The monoisotopic (exact) mass is 225 g/mol. The summed E-state index contributed by atoms with van der Waals surface area (Å²) in [5.74, 6) is 0.146. The van der Waals surface area contributed by atoms with Crippen molar-refractivity contribution in [2.45, 2.75) is 11.3 Å². The Bertz CT molecular complexity index is 398. The average molecular weight is 226 g/mol. The van der Waals surface area contributed by atoms with Gasteiger partial charge in [-0.1, -0.05) is 0 Å². The molecule has 0 saturated heterocycles. The normalized spacial score (nSPS) is 9.50. The van der Waals surface area contributed by atoms with Crippen molar-refractivity contribution >= 4 is 30.0 Å². The molecule has 0 aromatic heterocycles. The number of benzene rings is 1. The van der Waals surface area contributed by atoms with Crippen LogP contribution in [0.2, 0.25) is 0 Å². The van der Waals surface area contributed by atoms with E-state index in [1.807, 2.05) is 6.07 Å². The van der Waals surface area contributed by atoms with Crippen molar-refractivity contribution in [1.82, 2.24) is 0 Å². The Hall–Kier alpha value is -0.980. The molecule has 72 valence electrons. The van der Waals surface area contributed by atoms with E-state index in [-0.39, 0.29) is 18.1 Å². The predicted octanol–water partition coefficient (Wildman–Crippen LogP) is 2.66. The Morgan fingerprint density at radius 1 is 1.57 bits per heavy atom. The summed E-state index contributed by atoms with van der Waals surface area (Å²) in [6.07, 6.45) is 0.244. The zero-order chi connectivity index (χ0) is 10.6. The molecule has 4 heteroatoms. The Morgan fingerprint density at radius 3 is 2.86 bits per heavy atom. The summed E-state index contributed by atoms with van der Waals surface area (Å²) in [5, 5.41) is 8.77. The van der Waals surface area contributed by atoms with Crippen LogP contribution < -0.4 is 0 Å². The van der Waals surface area contributed by atoms with Crippen LogP contribution in [0.5, 0.6) is 0 Å². The maximum atomic E-state index is 11.5. The fourth-order valence-electron chi connectivity index (χ4n) is 1.08. The Labute approximate surface area is 92.9 Å². The van der Waals surface area contributed by atoms with Crippen molar-refractivity contribution in [1.29, 1.82) is 5.26 Å². The summed E-state index contributed by atoms with van der Waals surface area (Å²) < 4.78 is 0. The first-order valence-electron chi connectivity index (χ1n) is 4.01. The molecule has 0 atom stereocenters. The summed E-state index contributed by atoms with van der Waals surface area (Å²) in [4.78, 5) is 12.2. The summed E-state index contributed by atoms with van der Waals surface area (Å²) >= 11 is 9.57. The predicted molar refractivity (Wildman–Crippen MR) is 58.1 cm³/mol. The van der Waals surface area contributed by atoms with Crippen LogP contribution >= 0.6 is 24.2 Å². The van der Waals surface area contributed by atoms with Gasteiger partial charge in [0.2, 0.25) is 0 Å². The van der Waals surface area contributed by atoms with Crippen LogP contribution in [0.4, 0.5) is 0 Å². The number of carbonyl (C=O) groups is 1. The Morgan fingerprint density at radius 2 is 2.29 bits per heavy atom. The second-order valence-electron chi connectivity index (χ2n) is 2.70. The summed E-state index contributed by atoms with van der Waals surface area (Å²) in [7, 11) is 0. The highest BCUT2D eigenvalue weighted by Gasteiger charge is 2.10. The van der Waals surface area contributed by atoms with Gasteiger partial charge in [-0.3, -0.25) is 4.79 Å². The smallest absolute Gasteiger partial charge is 0.165 e. The van der Waals surface area contributed by atoms with Gasteiger partial charge in [0, 0.05) is 22.8 Å². The van der Waals surface area contributed by atoms with Crippen LogP contribution in [0.3, 0.4) is 0 Å². The number of ketones is 1. The lowest BCUT2D eigenvalue weighted by atomic mass is 10.0. The molecule has 0 bridgehead atoms. The number of Topliss-reactive ketones (excluding diaryl/α,β-unsaturated/α-hetero) is 1. The van der Waals surface area contributed by atoms with Gasteiger partial charge < -0.3 is 0 Å². The molecule has 0 radical (unpaired) electrons. The van der Waals surface area contributed by atoms with Gasteiger partial charge in [0.25, 0.3) is 0 Å². The van der Waals surface area contributed by atoms with E-state index < -0.39 is 0 Å². The molecule has 0 unspecified atom stereocenters. The minimum atomic E-state index is -0.118. The van der Waals surface area contributed by atoms with Crippen molar-refractivity contribution in [3.8, 4) is 6.07 Å². The zero-order valence-electron chi connectivity index (χ0n) is 7.33. The molecule has 14 heavy (non-hydrogen) atoms. The molecule has 0 aliphatic carbocycles. The van der Waals surface area contributed by atoms with Crippen LogP contribution in [0.15, 0.2) is 23.1 Å². The number of thiol groups is 1. The molecule has 0 saturated carbocycles. The first kappa shape index (κ1) is 11.1. The maximum absolute atomic E-state index is 11.5. The molecular formula is C10H8ClNOS. The highest BCUT2D eigenvalue weighted by Crippen LogP contribution is 2.16. The molecule has 0 fully saturated rings. The van der Waals surface area contributed by atoms with Crippen molar-refractivity contribution in [2.24, 2.45) is 0 Å². The number of nitrogens with zero attached hydrogens (tertiary/aromatic N) is 1. The Balaban J connectivity index is 3.12. The lowest BCUT2D eigenvalue weighted by Gasteiger charge is -2.02. The number of nitriles is 1. The number of hydrogen-bond donors (Lipinski definition) is 1. The quantitative estimate of drug-likeness (QED) is 0.488. The standard InChI is InChI=1S/C10H8ClNOS/c11-4-3-10(13)9-5-8(14)2-1-7(9)6-12/h1-2,5,14H,3-4H2. The first-order chi connectivity index (χ1) is 6.69. The van der Waals surface area contributed by atoms with Crippen molar-refractivity contribution < 1.29 is 4.79 Å². The van der Waals surface area contributed by atoms with Gasteiger partial charge in [0.15, 0.2) is 5.78 Å². The lowest BCUT2D eigenvalue weighted by Crippen LogP contribution is -2.02. The van der Waals surface area contributed by atoms with Gasteiger partial charge in [-0.05, 0) is 18.2 Å². The molecule has 0 aliphatic heterocycles. The molecule has 0 aliphatic rings. The van der Waals surface area contributed by atoms with Crippen LogP contribution in [-0.4, -0.2) is 11.7 Å². The topological polar surface area (TPSA) is 40.9 Å². The van der Waals surface area contributed by atoms with Gasteiger partial charge in [-0.25, -0.2) is 0 Å². The summed E-state index contributed by atoms with van der Waals surface area (Å²) in [5.41, 5.74) is 0.776. The molecule has 2 nitrogen and oxygen atoms in total. The number of hydrogen-bond acceptors (Lipinski definition) is 3. The van der Waals surface area contributed by atoms with Crippen molar-refractivity contribution in [2.75, 3.05) is 5.88 Å². The minimum absolute atomic E-state index is 0.118. The average Bonchev–Trinajstić information content (AvgIpc) is 2.18. The van der Waals surface area contributed by atoms with Crippen LogP contribution in [0.25, 0.3) is 0 Å². The Kier molecular flexibility index (Phi) is 3.99. The molecule has 0 N–H and O–H groups in total. The number of alkyl halides is 1. The minimum Gasteiger partial charge on any atom is -0.294 e. The fourth-order valence-corrected chi connectivity index (χ4v) is 1.46. The summed E-state index contributed by atoms with van der Waals surface area (Å²) in [6.45, 7) is 0. The lowest BCUT2D eigenvalue weighted by molar-refractivity contribution is 0.0989. The van der Waals surface area contributed by atoms with Gasteiger partial charge in [-0.15, -0.1) is 24.2 Å². The maximum Gasteiger partial charge on any atom is 0.165 e. The molecular weight excluding hydrogens is 218 g/mol. The number of carbonyl (C=O) groups excluding carboxylic acids is 1. The van der Waals surface area contributed by atoms with Crippen LogP contribution in [-0.2, 0) is 0 Å². The highest BCUT2D eigenvalue weighted by atomic mass is 35.5. The van der Waals surface area contributed by atoms with E-state index in [0.717, 1.165) is 0 Å². The first-order valence-corrected chi connectivity index (χ1v) is 4.99. The highest BCUT2D eigenvalue weighted by molar-refractivity contribution is 7.80. The van der Waals surface area contributed by atoms with Crippen molar-refractivity contribution in [3.63, 3.8) is 0 Å². The second-order valence-corrected chi connectivity index (χ2v) is 3.60. The molecule has 0 spiro atoms. The molecule has 1 rings (SSSR count).